The highest BCUT2D eigenvalue weighted by Gasteiger charge is 2.23. The minimum Gasteiger partial charge on any atom is -0.347 e. The number of piperidine rings is 1. The van der Waals surface area contributed by atoms with Crippen molar-refractivity contribution in [3.63, 3.8) is 0 Å². The van der Waals surface area contributed by atoms with E-state index in [1.165, 1.54) is 0 Å². The van der Waals surface area contributed by atoms with Crippen LogP contribution < -0.4 is 10.2 Å². The van der Waals surface area contributed by atoms with Gasteiger partial charge in [0.1, 0.15) is 0 Å². The van der Waals surface area contributed by atoms with Crippen molar-refractivity contribution in [2.75, 3.05) is 11.4 Å². The van der Waals surface area contributed by atoms with E-state index in [-0.39, 0.29) is 17.4 Å². The maximum Gasteiger partial charge on any atom is 0.273 e. The molecule has 2 amide bonds. The van der Waals surface area contributed by atoms with Gasteiger partial charge < -0.3 is 10.2 Å². The summed E-state index contributed by atoms with van der Waals surface area (Å²) in [5, 5.41) is 11.0. The Morgan fingerprint density at radius 1 is 1.21 bits per heavy atom. The van der Waals surface area contributed by atoms with E-state index < -0.39 is 0 Å². The minimum absolute atomic E-state index is 0.0231. The second kappa shape index (κ2) is 9.13. The minimum atomic E-state index is -0.259. The number of nitrogens with one attached hydrogen (secondary N) is 1. The van der Waals surface area contributed by atoms with Gasteiger partial charge >= 0.3 is 0 Å². The first kappa shape index (κ1) is 22.6. The number of aryl methyl sites for hydroxylation is 1. The predicted molar refractivity (Wildman–Crippen MR) is 126 cm³/mol. The van der Waals surface area contributed by atoms with Crippen molar-refractivity contribution in [2.24, 2.45) is 0 Å². The van der Waals surface area contributed by atoms with Gasteiger partial charge in [0, 0.05) is 24.8 Å². The van der Waals surface area contributed by atoms with Gasteiger partial charge in [0.25, 0.3) is 5.91 Å². The highest BCUT2D eigenvalue weighted by Crippen LogP contribution is 2.33. The first-order valence-corrected chi connectivity index (χ1v) is 11.1. The van der Waals surface area contributed by atoms with Crippen molar-refractivity contribution in [3.8, 4) is 11.1 Å². The van der Waals surface area contributed by atoms with Crippen LogP contribution >= 0.6 is 0 Å². The van der Waals surface area contributed by atoms with Crippen molar-refractivity contribution >= 4 is 17.5 Å². The summed E-state index contributed by atoms with van der Waals surface area (Å²) >= 11 is 0. The SMILES string of the molecule is Cc1cc(-c2ccncc2N2CCC[CH]C2=O)ccc1CNC(=O)c1cn(C(C)(C)C)nn1. The summed E-state index contributed by atoms with van der Waals surface area (Å²) in [6.07, 6.45) is 8.65. The number of carbonyl (C=O) groups is 2. The van der Waals surface area contributed by atoms with Crippen molar-refractivity contribution < 1.29 is 9.59 Å². The number of carbonyl (C=O) groups excluding carboxylic acids is 2. The van der Waals surface area contributed by atoms with Crippen molar-refractivity contribution in [3.05, 3.63) is 66.1 Å². The summed E-state index contributed by atoms with van der Waals surface area (Å²) in [6, 6.07) is 8.03. The van der Waals surface area contributed by atoms with E-state index in [9.17, 15) is 9.59 Å². The van der Waals surface area contributed by atoms with Gasteiger partial charge in [0.15, 0.2) is 5.69 Å². The number of aromatic nitrogens is 4. The van der Waals surface area contributed by atoms with E-state index in [4.69, 9.17) is 0 Å². The lowest BCUT2D eigenvalue weighted by molar-refractivity contribution is -0.116. The lowest BCUT2D eigenvalue weighted by atomic mass is 9.98. The van der Waals surface area contributed by atoms with Crippen LogP contribution in [0.4, 0.5) is 5.69 Å². The van der Waals surface area contributed by atoms with E-state index in [1.807, 2.05) is 45.9 Å². The zero-order valence-electron chi connectivity index (χ0n) is 19.5. The number of amides is 2. The molecular formula is C25H29N6O2. The number of hydrogen-bond donors (Lipinski definition) is 1. The van der Waals surface area contributed by atoms with Gasteiger partial charge in [-0.1, -0.05) is 23.4 Å². The molecule has 33 heavy (non-hydrogen) atoms. The molecule has 1 radical (unpaired) electrons. The molecule has 0 saturated carbocycles. The Hall–Kier alpha value is -3.55. The number of rotatable bonds is 5. The van der Waals surface area contributed by atoms with Crippen LogP contribution in [0.5, 0.6) is 0 Å². The second-order valence-electron chi connectivity index (χ2n) is 9.27. The zero-order chi connectivity index (χ0) is 23.6. The van der Waals surface area contributed by atoms with Crippen LogP contribution in [-0.4, -0.2) is 38.3 Å². The number of hydrogen-bond acceptors (Lipinski definition) is 5. The highest BCUT2D eigenvalue weighted by atomic mass is 16.2. The van der Waals surface area contributed by atoms with Crippen LogP contribution in [0.3, 0.4) is 0 Å². The van der Waals surface area contributed by atoms with Crippen LogP contribution in [0.2, 0.25) is 0 Å². The monoisotopic (exact) mass is 445 g/mol. The molecule has 0 spiro atoms. The maximum absolute atomic E-state index is 12.5. The summed E-state index contributed by atoms with van der Waals surface area (Å²) in [6.45, 7) is 9.10. The molecule has 2 aromatic heterocycles. The summed E-state index contributed by atoms with van der Waals surface area (Å²) in [7, 11) is 0. The average Bonchev–Trinajstić information content (AvgIpc) is 3.30. The summed E-state index contributed by atoms with van der Waals surface area (Å²) in [5.41, 5.74) is 4.90. The molecule has 0 bridgehead atoms. The van der Waals surface area contributed by atoms with Crippen molar-refractivity contribution in [2.45, 2.75) is 52.6 Å². The topological polar surface area (TPSA) is 93.0 Å². The van der Waals surface area contributed by atoms with Gasteiger partial charge in [-0.2, -0.15) is 0 Å². The first-order chi connectivity index (χ1) is 15.7. The fourth-order valence-corrected chi connectivity index (χ4v) is 3.80. The van der Waals surface area contributed by atoms with Gasteiger partial charge in [-0.25, -0.2) is 4.68 Å². The third-order valence-corrected chi connectivity index (χ3v) is 5.77. The average molecular weight is 446 g/mol. The molecule has 1 N–H and O–H groups in total. The molecule has 0 aliphatic carbocycles. The number of anilines is 1. The predicted octanol–water partition coefficient (Wildman–Crippen LogP) is 3.66. The van der Waals surface area contributed by atoms with Crippen LogP contribution in [0.1, 0.15) is 55.2 Å². The maximum atomic E-state index is 12.5. The molecule has 1 aromatic carbocycles. The van der Waals surface area contributed by atoms with Gasteiger partial charge in [0.05, 0.1) is 30.0 Å². The van der Waals surface area contributed by atoms with E-state index >= 15 is 0 Å². The Morgan fingerprint density at radius 2 is 2.03 bits per heavy atom. The molecule has 3 aromatic rings. The molecule has 1 aliphatic rings. The van der Waals surface area contributed by atoms with Gasteiger partial charge in [-0.3, -0.25) is 14.6 Å². The molecule has 1 aliphatic heterocycles. The van der Waals surface area contributed by atoms with Crippen LogP contribution in [0.15, 0.2) is 42.9 Å². The van der Waals surface area contributed by atoms with Crippen molar-refractivity contribution in [1.82, 2.24) is 25.3 Å². The number of pyridine rings is 1. The van der Waals surface area contributed by atoms with E-state index in [1.54, 1.807) is 34.6 Å². The molecule has 1 saturated heterocycles. The molecular weight excluding hydrogens is 416 g/mol. The van der Waals surface area contributed by atoms with Gasteiger partial charge in [-0.05, 0) is 63.3 Å². The molecule has 3 heterocycles. The molecule has 0 unspecified atom stereocenters. The third kappa shape index (κ3) is 4.94. The molecule has 1 fully saturated rings. The Bertz CT molecular complexity index is 1180. The Balaban J connectivity index is 1.50. The Labute approximate surface area is 194 Å². The fourth-order valence-electron chi connectivity index (χ4n) is 3.80. The smallest absolute Gasteiger partial charge is 0.273 e. The standard InChI is InChI=1S/C25H29N6O2/c1-17-13-18(20-10-11-26-15-22(20)30-12-6-5-7-23(30)32)8-9-19(17)14-27-24(33)21-16-31(29-28-21)25(2,3)4/h7-11,13,15-16H,5-6,12,14H2,1-4H3,(H,27,33). The highest BCUT2D eigenvalue weighted by molar-refractivity contribution is 6.02. The zero-order valence-corrected chi connectivity index (χ0v) is 19.5. The van der Waals surface area contributed by atoms with E-state index in [2.05, 4.69) is 26.7 Å². The molecule has 4 rings (SSSR count). The Morgan fingerprint density at radius 3 is 2.73 bits per heavy atom. The molecule has 8 nitrogen and oxygen atoms in total. The van der Waals surface area contributed by atoms with E-state index in [0.29, 0.717) is 18.8 Å². The van der Waals surface area contributed by atoms with Crippen LogP contribution in [0, 0.1) is 13.3 Å². The molecule has 0 atom stereocenters. The fraction of sp³-hybridized carbons (Fsp3) is 0.360. The number of nitrogens with zero attached hydrogens (tertiary/aromatic N) is 5. The van der Waals surface area contributed by atoms with Gasteiger partial charge in [0.2, 0.25) is 5.91 Å². The summed E-state index contributed by atoms with van der Waals surface area (Å²) < 4.78 is 1.68. The third-order valence-electron chi connectivity index (χ3n) is 5.77. The van der Waals surface area contributed by atoms with Crippen molar-refractivity contribution in [1.29, 1.82) is 0 Å². The van der Waals surface area contributed by atoms with Crippen LogP contribution in [-0.2, 0) is 16.9 Å². The summed E-state index contributed by atoms with van der Waals surface area (Å²) in [5.74, 6) is -0.236. The lowest BCUT2D eigenvalue weighted by Crippen LogP contribution is -2.36. The Kier molecular flexibility index (Phi) is 6.26. The van der Waals surface area contributed by atoms with Crippen LogP contribution in [0.25, 0.3) is 11.1 Å². The second-order valence-corrected chi connectivity index (χ2v) is 9.27. The number of benzene rings is 1. The van der Waals surface area contributed by atoms with E-state index in [0.717, 1.165) is 40.8 Å². The summed E-state index contributed by atoms with van der Waals surface area (Å²) in [4.78, 5) is 31.0. The largest absolute Gasteiger partial charge is 0.347 e. The van der Waals surface area contributed by atoms with Gasteiger partial charge in [-0.15, -0.1) is 5.10 Å². The quantitative estimate of drug-likeness (QED) is 0.647. The normalized spacial score (nSPS) is 14.4. The molecule has 8 heteroatoms. The first-order valence-electron chi connectivity index (χ1n) is 11.1. The lowest BCUT2D eigenvalue weighted by Gasteiger charge is -2.28. The molecule has 171 valence electrons.